The van der Waals surface area contributed by atoms with Crippen molar-refractivity contribution in [3.63, 3.8) is 0 Å². The molecule has 238 valence electrons. The Labute approximate surface area is 283 Å². The summed E-state index contributed by atoms with van der Waals surface area (Å²) in [7, 11) is 0. The molecule has 0 unspecified atom stereocenters. The van der Waals surface area contributed by atoms with Crippen LogP contribution in [0.5, 0.6) is 0 Å². The van der Waals surface area contributed by atoms with Crippen molar-refractivity contribution in [2.75, 3.05) is 0 Å². The Morgan fingerprint density at radius 2 is 1.06 bits per heavy atom. The number of nitrogens with one attached hydrogen (secondary N) is 1. The first-order valence-electron chi connectivity index (χ1n) is 16.4. The molecule has 0 aromatic heterocycles. The second-order valence-electron chi connectivity index (χ2n) is 12.4. The van der Waals surface area contributed by atoms with E-state index in [1.807, 2.05) is 71.8 Å². The van der Waals surface area contributed by atoms with Crippen molar-refractivity contribution < 1.29 is 9.59 Å². The van der Waals surface area contributed by atoms with Gasteiger partial charge >= 0.3 is 0 Å². The minimum atomic E-state index is -0.00379. The van der Waals surface area contributed by atoms with Crippen LogP contribution in [0.2, 0.25) is 0 Å². The monoisotopic (exact) mass is 628 g/mol. The lowest BCUT2D eigenvalue weighted by atomic mass is 9.99. The van der Waals surface area contributed by atoms with E-state index in [-0.39, 0.29) is 23.9 Å². The van der Waals surface area contributed by atoms with E-state index in [9.17, 15) is 9.59 Å². The molecule has 0 radical (unpaired) electrons. The van der Waals surface area contributed by atoms with Gasteiger partial charge in [0.05, 0.1) is 0 Å². The van der Waals surface area contributed by atoms with E-state index < -0.39 is 0 Å². The molecule has 0 aliphatic carbocycles. The molecule has 5 aromatic rings. The first-order valence-corrected chi connectivity index (χ1v) is 16.4. The Bertz CT molecular complexity index is 1880. The van der Waals surface area contributed by atoms with Gasteiger partial charge in [0.1, 0.15) is 0 Å². The van der Waals surface area contributed by atoms with Crippen LogP contribution in [-0.2, 0) is 22.4 Å². The maximum absolute atomic E-state index is 12.5. The number of rotatable bonds is 8. The van der Waals surface area contributed by atoms with Gasteiger partial charge in [-0.1, -0.05) is 153 Å². The van der Waals surface area contributed by atoms with Crippen LogP contribution in [0.15, 0.2) is 170 Å². The van der Waals surface area contributed by atoms with Crippen molar-refractivity contribution in [3.8, 4) is 22.3 Å². The quantitative estimate of drug-likeness (QED) is 0.174. The second kappa shape index (κ2) is 15.2. The van der Waals surface area contributed by atoms with Gasteiger partial charge in [-0.05, 0) is 70.7 Å². The summed E-state index contributed by atoms with van der Waals surface area (Å²) in [5, 5.41) is 2.96. The minimum Gasteiger partial charge on any atom is -0.349 e. The van der Waals surface area contributed by atoms with Gasteiger partial charge in [-0.2, -0.15) is 0 Å². The Kier molecular flexibility index (Phi) is 10.2. The number of nitrogens with zero attached hydrogens (tertiary/aromatic N) is 1. The van der Waals surface area contributed by atoms with E-state index in [0.29, 0.717) is 17.6 Å². The van der Waals surface area contributed by atoms with Crippen LogP contribution in [0, 0.1) is 0 Å². The third kappa shape index (κ3) is 8.15. The number of carbonyl (C=O) groups excluding carboxylic acids is 2. The molecule has 2 amide bonds. The lowest BCUT2D eigenvalue weighted by Crippen LogP contribution is -2.29. The number of benzene rings is 5. The molecule has 48 heavy (non-hydrogen) atoms. The summed E-state index contributed by atoms with van der Waals surface area (Å²) in [6.07, 6.45) is 7.03. The van der Waals surface area contributed by atoms with Crippen molar-refractivity contribution in [3.05, 3.63) is 187 Å². The summed E-state index contributed by atoms with van der Waals surface area (Å²) >= 11 is 0. The van der Waals surface area contributed by atoms with E-state index >= 15 is 0 Å². The SMILES string of the molecule is C=C1C[C@@H](Cc2ccc(-c3ccccc3)cc2)N(/C=C/c2ccccc2)C1=O.C=C1C[C@@H](Cc2ccc(-c3ccccc3)cc2)NC1=O. The molecule has 1 N–H and O–H groups in total. The lowest BCUT2D eigenvalue weighted by molar-refractivity contribution is -0.123. The lowest BCUT2D eigenvalue weighted by Gasteiger charge is -2.20. The summed E-state index contributed by atoms with van der Waals surface area (Å²) < 4.78 is 0. The van der Waals surface area contributed by atoms with Crippen LogP contribution in [-0.4, -0.2) is 28.8 Å². The third-order valence-electron chi connectivity index (χ3n) is 8.86. The zero-order chi connectivity index (χ0) is 33.3. The molecule has 2 heterocycles. The normalized spacial score (nSPS) is 17.4. The van der Waals surface area contributed by atoms with Crippen LogP contribution >= 0.6 is 0 Å². The summed E-state index contributed by atoms with van der Waals surface area (Å²) in [5.74, 6) is 0.0222. The zero-order valence-corrected chi connectivity index (χ0v) is 27.1. The van der Waals surface area contributed by atoms with Crippen molar-refractivity contribution in [2.45, 2.75) is 37.8 Å². The Morgan fingerprint density at radius 3 is 1.56 bits per heavy atom. The fourth-order valence-corrected chi connectivity index (χ4v) is 6.25. The van der Waals surface area contributed by atoms with E-state index in [1.54, 1.807) is 0 Å². The maximum atomic E-state index is 12.5. The van der Waals surface area contributed by atoms with Gasteiger partial charge in [-0.3, -0.25) is 9.59 Å². The van der Waals surface area contributed by atoms with Crippen molar-refractivity contribution in [2.24, 2.45) is 0 Å². The zero-order valence-electron chi connectivity index (χ0n) is 27.1. The molecular weight excluding hydrogens is 588 g/mol. The fourth-order valence-electron chi connectivity index (χ4n) is 6.25. The van der Waals surface area contributed by atoms with Gasteiger partial charge in [0.25, 0.3) is 5.91 Å². The highest BCUT2D eigenvalue weighted by molar-refractivity contribution is 5.96. The molecule has 2 aliphatic rings. The molecular formula is C44H40N2O2. The van der Waals surface area contributed by atoms with E-state index in [0.717, 1.165) is 24.8 Å². The largest absolute Gasteiger partial charge is 0.349 e. The van der Waals surface area contributed by atoms with Crippen LogP contribution in [0.4, 0.5) is 0 Å². The molecule has 0 saturated carbocycles. The number of hydrogen-bond acceptors (Lipinski definition) is 2. The second-order valence-corrected chi connectivity index (χ2v) is 12.4. The Morgan fingerprint density at radius 1 is 0.583 bits per heavy atom. The van der Waals surface area contributed by atoms with Gasteiger partial charge in [0.2, 0.25) is 5.91 Å². The van der Waals surface area contributed by atoms with Crippen LogP contribution in [0.1, 0.15) is 29.5 Å². The van der Waals surface area contributed by atoms with Crippen LogP contribution in [0.3, 0.4) is 0 Å². The topological polar surface area (TPSA) is 49.4 Å². The van der Waals surface area contributed by atoms with Gasteiger partial charge in [0, 0.05) is 29.4 Å². The van der Waals surface area contributed by atoms with E-state index in [2.05, 4.69) is 103 Å². The molecule has 0 bridgehead atoms. The van der Waals surface area contributed by atoms with Crippen LogP contribution < -0.4 is 5.32 Å². The predicted octanol–water partition coefficient (Wildman–Crippen LogP) is 9.06. The predicted molar refractivity (Wildman–Crippen MR) is 197 cm³/mol. The van der Waals surface area contributed by atoms with E-state index in [1.165, 1.54) is 33.4 Å². The first-order chi connectivity index (χ1) is 23.4. The molecule has 2 aliphatic heterocycles. The molecule has 4 heteroatoms. The summed E-state index contributed by atoms with van der Waals surface area (Å²) in [6.45, 7) is 7.73. The highest BCUT2D eigenvalue weighted by Crippen LogP contribution is 2.28. The summed E-state index contributed by atoms with van der Waals surface area (Å²) in [4.78, 5) is 25.8. The summed E-state index contributed by atoms with van der Waals surface area (Å²) in [5.41, 5.74) is 9.78. The smallest absolute Gasteiger partial charge is 0.253 e. The molecule has 2 saturated heterocycles. The molecule has 2 atom stereocenters. The minimum absolute atomic E-state index is 0.00379. The van der Waals surface area contributed by atoms with Gasteiger partial charge in [0.15, 0.2) is 0 Å². The van der Waals surface area contributed by atoms with Gasteiger partial charge < -0.3 is 10.2 Å². The standard InChI is InChI=1S/C26H23NO.C18H17NO/c1-20-18-25(27(26(20)28)17-16-21-8-4-2-5-9-21)19-22-12-14-24(15-13-22)23-10-6-3-7-11-23;1-13-11-17(19-18(13)20)12-14-7-9-16(10-8-14)15-5-3-2-4-6-15/h2-17,25H,1,18-19H2;2-10,17H,1,11-12H2,(H,19,20)/b17-16+;/t25-;17-/m00/s1. The van der Waals surface area contributed by atoms with Crippen LogP contribution in [0.25, 0.3) is 28.3 Å². The molecule has 0 spiro atoms. The van der Waals surface area contributed by atoms with Crippen molar-refractivity contribution in [1.82, 2.24) is 10.2 Å². The average Bonchev–Trinajstić information content (AvgIpc) is 3.59. The highest BCUT2D eigenvalue weighted by Gasteiger charge is 2.32. The summed E-state index contributed by atoms with van der Waals surface area (Å²) in [6, 6.07) is 48.2. The Hall–Kier alpha value is -5.74. The van der Waals surface area contributed by atoms with Crippen molar-refractivity contribution >= 4 is 17.9 Å². The number of amides is 2. The van der Waals surface area contributed by atoms with E-state index in [4.69, 9.17) is 0 Å². The average molecular weight is 629 g/mol. The number of carbonyl (C=O) groups is 2. The van der Waals surface area contributed by atoms with Gasteiger partial charge in [-0.25, -0.2) is 0 Å². The molecule has 2 fully saturated rings. The highest BCUT2D eigenvalue weighted by atomic mass is 16.2. The van der Waals surface area contributed by atoms with Crippen molar-refractivity contribution in [1.29, 1.82) is 0 Å². The third-order valence-corrected chi connectivity index (χ3v) is 8.86. The molecule has 7 rings (SSSR count). The molecule has 5 aromatic carbocycles. The fraction of sp³-hybridized carbons (Fsp3) is 0.136. The molecule has 4 nitrogen and oxygen atoms in total. The Balaban J connectivity index is 0.000000177. The number of hydrogen-bond donors (Lipinski definition) is 1. The number of likely N-dealkylation sites (tertiary alicyclic amines) is 1. The first kappa shape index (κ1) is 32.2. The van der Waals surface area contributed by atoms with Gasteiger partial charge in [-0.15, -0.1) is 0 Å². The maximum Gasteiger partial charge on any atom is 0.253 e.